The normalized spacial score (nSPS) is 14.4. The van der Waals surface area contributed by atoms with Crippen molar-refractivity contribution in [1.82, 2.24) is 9.88 Å². The van der Waals surface area contributed by atoms with Crippen molar-refractivity contribution in [2.75, 3.05) is 6.54 Å². The van der Waals surface area contributed by atoms with Gasteiger partial charge in [-0.25, -0.2) is 0 Å². The Morgan fingerprint density at radius 3 is 3.17 bits per heavy atom. The van der Waals surface area contributed by atoms with Crippen molar-refractivity contribution in [3.05, 3.63) is 50.4 Å². The van der Waals surface area contributed by atoms with Crippen LogP contribution < -0.4 is 0 Å². The molecule has 18 heavy (non-hydrogen) atoms. The van der Waals surface area contributed by atoms with Crippen LogP contribution in [0, 0.1) is 0 Å². The van der Waals surface area contributed by atoms with Crippen LogP contribution >= 0.6 is 27.3 Å². The molecular formula is C13H11BrN2OS. The first kappa shape index (κ1) is 11.9. The number of fused-ring (bicyclic) bond motifs is 1. The standard InChI is InChI=1S/C13H11BrN2OS/c14-12-6-10(8-18-12)13(17)16-5-3-11-9(7-16)2-1-4-15-11/h1-2,4,6,8H,3,5,7H2. The van der Waals surface area contributed by atoms with Crippen LogP contribution in [0.4, 0.5) is 0 Å². The molecule has 2 aromatic rings. The summed E-state index contributed by atoms with van der Waals surface area (Å²) in [4.78, 5) is 18.5. The summed E-state index contributed by atoms with van der Waals surface area (Å²) in [6, 6.07) is 5.85. The lowest BCUT2D eigenvalue weighted by Gasteiger charge is -2.27. The van der Waals surface area contributed by atoms with Crippen LogP contribution in [-0.4, -0.2) is 22.3 Å². The van der Waals surface area contributed by atoms with Crippen molar-refractivity contribution in [3.63, 3.8) is 0 Å². The Balaban J connectivity index is 1.82. The van der Waals surface area contributed by atoms with Crippen LogP contribution in [0.3, 0.4) is 0 Å². The third kappa shape index (κ3) is 2.20. The van der Waals surface area contributed by atoms with Crippen LogP contribution in [0.25, 0.3) is 0 Å². The third-order valence-electron chi connectivity index (χ3n) is 3.07. The maximum atomic E-state index is 12.3. The highest BCUT2D eigenvalue weighted by molar-refractivity contribution is 9.11. The molecule has 1 amide bonds. The van der Waals surface area contributed by atoms with E-state index in [0.29, 0.717) is 6.54 Å². The number of pyridine rings is 1. The van der Waals surface area contributed by atoms with Crippen LogP contribution in [-0.2, 0) is 13.0 Å². The van der Waals surface area contributed by atoms with E-state index in [4.69, 9.17) is 0 Å². The lowest BCUT2D eigenvalue weighted by atomic mass is 10.1. The second-order valence-corrected chi connectivity index (χ2v) is 6.52. The zero-order chi connectivity index (χ0) is 12.5. The average Bonchev–Trinajstić information content (AvgIpc) is 2.84. The number of halogens is 1. The molecule has 5 heteroatoms. The molecular weight excluding hydrogens is 312 g/mol. The van der Waals surface area contributed by atoms with Crippen molar-refractivity contribution in [3.8, 4) is 0 Å². The van der Waals surface area contributed by atoms with Crippen LogP contribution in [0.15, 0.2) is 33.6 Å². The van der Waals surface area contributed by atoms with Crippen molar-refractivity contribution < 1.29 is 4.79 Å². The molecule has 0 atom stereocenters. The van der Waals surface area contributed by atoms with Crippen molar-refractivity contribution in [2.24, 2.45) is 0 Å². The Morgan fingerprint density at radius 2 is 2.39 bits per heavy atom. The smallest absolute Gasteiger partial charge is 0.255 e. The van der Waals surface area contributed by atoms with E-state index in [1.165, 1.54) is 11.3 Å². The SMILES string of the molecule is O=C(c1csc(Br)c1)N1CCc2ncccc2C1. The summed E-state index contributed by atoms with van der Waals surface area (Å²) in [5, 5.41) is 1.89. The molecule has 0 aromatic carbocycles. The Morgan fingerprint density at radius 1 is 1.50 bits per heavy atom. The monoisotopic (exact) mass is 322 g/mol. The van der Waals surface area contributed by atoms with Gasteiger partial charge < -0.3 is 4.90 Å². The number of hydrogen-bond acceptors (Lipinski definition) is 3. The van der Waals surface area contributed by atoms with Crippen molar-refractivity contribution in [2.45, 2.75) is 13.0 Å². The summed E-state index contributed by atoms with van der Waals surface area (Å²) in [7, 11) is 0. The lowest BCUT2D eigenvalue weighted by molar-refractivity contribution is 0.0734. The molecule has 1 aliphatic heterocycles. The highest BCUT2D eigenvalue weighted by atomic mass is 79.9. The van der Waals surface area contributed by atoms with Gasteiger partial charge in [0.15, 0.2) is 0 Å². The molecule has 92 valence electrons. The number of hydrogen-bond donors (Lipinski definition) is 0. The molecule has 0 radical (unpaired) electrons. The summed E-state index contributed by atoms with van der Waals surface area (Å²) >= 11 is 4.93. The number of nitrogens with zero attached hydrogens (tertiary/aromatic N) is 2. The minimum atomic E-state index is 0.103. The molecule has 0 N–H and O–H groups in total. The molecule has 2 aromatic heterocycles. The second-order valence-electron chi connectivity index (χ2n) is 4.23. The quantitative estimate of drug-likeness (QED) is 0.808. The maximum Gasteiger partial charge on any atom is 0.255 e. The molecule has 3 nitrogen and oxygen atoms in total. The van der Waals surface area contributed by atoms with E-state index in [1.54, 1.807) is 0 Å². The first-order valence-electron chi connectivity index (χ1n) is 5.70. The van der Waals surface area contributed by atoms with Crippen molar-refractivity contribution in [1.29, 1.82) is 0 Å². The van der Waals surface area contributed by atoms with E-state index in [-0.39, 0.29) is 5.91 Å². The van der Waals surface area contributed by atoms with Crippen LogP contribution in [0.2, 0.25) is 0 Å². The molecule has 0 saturated carbocycles. The fourth-order valence-electron chi connectivity index (χ4n) is 2.14. The predicted molar refractivity (Wildman–Crippen MR) is 74.7 cm³/mol. The summed E-state index contributed by atoms with van der Waals surface area (Å²) in [5.41, 5.74) is 3.04. The molecule has 0 saturated heterocycles. The van der Waals surface area contributed by atoms with E-state index < -0.39 is 0 Å². The zero-order valence-corrected chi connectivity index (χ0v) is 12.0. The van der Waals surface area contributed by atoms with Crippen LogP contribution in [0.1, 0.15) is 21.6 Å². The minimum Gasteiger partial charge on any atom is -0.334 e. The van der Waals surface area contributed by atoms with Gasteiger partial charge in [-0.15, -0.1) is 11.3 Å². The molecule has 0 unspecified atom stereocenters. The largest absolute Gasteiger partial charge is 0.334 e. The zero-order valence-electron chi connectivity index (χ0n) is 9.60. The fraction of sp³-hybridized carbons (Fsp3) is 0.231. The summed E-state index contributed by atoms with van der Waals surface area (Å²) in [5.74, 6) is 0.103. The third-order valence-corrected chi connectivity index (χ3v) is 4.57. The number of amides is 1. The molecule has 3 rings (SSSR count). The lowest BCUT2D eigenvalue weighted by Crippen LogP contribution is -2.36. The molecule has 1 aliphatic rings. The maximum absolute atomic E-state index is 12.3. The highest BCUT2D eigenvalue weighted by Gasteiger charge is 2.22. The fourth-order valence-corrected chi connectivity index (χ4v) is 3.27. The van der Waals surface area contributed by atoms with Gasteiger partial charge in [-0.05, 0) is 33.6 Å². The molecule has 0 bridgehead atoms. The second kappa shape index (κ2) is 4.82. The van der Waals surface area contributed by atoms with E-state index in [0.717, 1.165) is 33.6 Å². The first-order valence-corrected chi connectivity index (χ1v) is 7.37. The number of thiophene rings is 1. The average molecular weight is 323 g/mol. The van der Waals surface area contributed by atoms with E-state index in [1.807, 2.05) is 34.7 Å². The summed E-state index contributed by atoms with van der Waals surface area (Å²) in [6.07, 6.45) is 2.65. The number of carbonyl (C=O) groups is 1. The molecule has 0 fully saturated rings. The van der Waals surface area contributed by atoms with Gasteiger partial charge in [-0.2, -0.15) is 0 Å². The van der Waals surface area contributed by atoms with Gasteiger partial charge in [0.25, 0.3) is 5.91 Å². The Kier molecular flexibility index (Phi) is 3.18. The predicted octanol–water partition coefficient (Wildman–Crippen LogP) is 3.10. The summed E-state index contributed by atoms with van der Waals surface area (Å²) in [6.45, 7) is 1.41. The first-order chi connectivity index (χ1) is 8.74. The molecule has 0 spiro atoms. The Bertz CT molecular complexity index is 596. The number of aromatic nitrogens is 1. The van der Waals surface area contributed by atoms with Gasteiger partial charge in [0, 0.05) is 36.8 Å². The van der Waals surface area contributed by atoms with Gasteiger partial charge in [-0.1, -0.05) is 6.07 Å². The summed E-state index contributed by atoms with van der Waals surface area (Å²) < 4.78 is 0.991. The van der Waals surface area contributed by atoms with Gasteiger partial charge in [0.2, 0.25) is 0 Å². The minimum absolute atomic E-state index is 0.103. The highest BCUT2D eigenvalue weighted by Crippen LogP contribution is 2.24. The molecule has 3 heterocycles. The Hall–Kier alpha value is -1.20. The van der Waals surface area contributed by atoms with Gasteiger partial charge in [0.05, 0.1) is 9.35 Å². The van der Waals surface area contributed by atoms with Gasteiger partial charge in [0.1, 0.15) is 0 Å². The van der Waals surface area contributed by atoms with E-state index in [2.05, 4.69) is 20.9 Å². The topological polar surface area (TPSA) is 33.2 Å². The Labute approximate surface area is 118 Å². The van der Waals surface area contributed by atoms with Gasteiger partial charge in [-0.3, -0.25) is 9.78 Å². The van der Waals surface area contributed by atoms with E-state index >= 15 is 0 Å². The molecule has 0 aliphatic carbocycles. The van der Waals surface area contributed by atoms with Crippen molar-refractivity contribution >= 4 is 33.2 Å². The number of rotatable bonds is 1. The van der Waals surface area contributed by atoms with Crippen LogP contribution in [0.5, 0.6) is 0 Å². The van der Waals surface area contributed by atoms with Gasteiger partial charge >= 0.3 is 0 Å². The van der Waals surface area contributed by atoms with E-state index in [9.17, 15) is 4.79 Å². The number of carbonyl (C=O) groups excluding carboxylic acids is 1.